The largest absolute Gasteiger partial charge is 0.303 e. The van der Waals surface area contributed by atoms with E-state index in [4.69, 9.17) is 0 Å². The quantitative estimate of drug-likeness (QED) is 0.736. The Hall–Kier alpha value is -1.15. The molecular weight excluding hydrogens is 172 g/mol. The zero-order valence-electron chi connectivity index (χ0n) is 8.53. The Labute approximate surface area is 85.1 Å². The van der Waals surface area contributed by atoms with Crippen LogP contribution >= 0.6 is 0 Å². The SMILES string of the molecule is C=CC(C)NC1CCc2cccnc21. The molecule has 74 valence electrons. The molecule has 2 heteroatoms. The smallest absolute Gasteiger partial charge is 0.0605 e. The van der Waals surface area contributed by atoms with E-state index < -0.39 is 0 Å². The lowest BCUT2D eigenvalue weighted by Crippen LogP contribution is -2.27. The molecule has 2 nitrogen and oxygen atoms in total. The van der Waals surface area contributed by atoms with Crippen LogP contribution in [-0.2, 0) is 6.42 Å². The van der Waals surface area contributed by atoms with Gasteiger partial charge in [0.15, 0.2) is 0 Å². The highest BCUT2D eigenvalue weighted by atomic mass is 15.0. The van der Waals surface area contributed by atoms with Crippen molar-refractivity contribution in [3.05, 3.63) is 42.2 Å². The molecule has 1 heterocycles. The van der Waals surface area contributed by atoms with Gasteiger partial charge in [0.25, 0.3) is 0 Å². The van der Waals surface area contributed by atoms with Gasteiger partial charge in [-0.25, -0.2) is 0 Å². The van der Waals surface area contributed by atoms with Crippen molar-refractivity contribution in [1.82, 2.24) is 10.3 Å². The second-order valence-electron chi connectivity index (χ2n) is 3.83. The van der Waals surface area contributed by atoms with Gasteiger partial charge < -0.3 is 5.32 Å². The predicted octanol–water partition coefficient (Wildman–Crippen LogP) is 2.23. The number of aryl methyl sites for hydroxylation is 1. The summed E-state index contributed by atoms with van der Waals surface area (Å²) in [6, 6.07) is 4.95. The highest BCUT2D eigenvalue weighted by Gasteiger charge is 2.23. The molecule has 0 saturated carbocycles. The number of nitrogens with zero attached hydrogens (tertiary/aromatic N) is 1. The van der Waals surface area contributed by atoms with Crippen LogP contribution in [0.3, 0.4) is 0 Å². The van der Waals surface area contributed by atoms with Crippen molar-refractivity contribution in [2.24, 2.45) is 0 Å². The van der Waals surface area contributed by atoms with Crippen LogP contribution in [-0.4, -0.2) is 11.0 Å². The van der Waals surface area contributed by atoms with Crippen molar-refractivity contribution in [3.63, 3.8) is 0 Å². The zero-order valence-corrected chi connectivity index (χ0v) is 8.53. The maximum Gasteiger partial charge on any atom is 0.0605 e. The average Bonchev–Trinajstić information content (AvgIpc) is 2.62. The van der Waals surface area contributed by atoms with Crippen LogP contribution in [0.1, 0.15) is 30.6 Å². The monoisotopic (exact) mass is 188 g/mol. The van der Waals surface area contributed by atoms with E-state index in [9.17, 15) is 0 Å². The van der Waals surface area contributed by atoms with Gasteiger partial charge in [0.1, 0.15) is 0 Å². The van der Waals surface area contributed by atoms with Crippen molar-refractivity contribution in [2.75, 3.05) is 0 Å². The molecule has 1 aliphatic rings. The van der Waals surface area contributed by atoms with Crippen molar-refractivity contribution >= 4 is 0 Å². The molecule has 0 saturated heterocycles. The lowest BCUT2D eigenvalue weighted by atomic mass is 10.2. The molecule has 0 amide bonds. The van der Waals surface area contributed by atoms with Gasteiger partial charge in [-0.3, -0.25) is 4.98 Å². The Balaban J connectivity index is 2.14. The van der Waals surface area contributed by atoms with Crippen LogP contribution in [0, 0.1) is 0 Å². The van der Waals surface area contributed by atoms with E-state index in [1.54, 1.807) is 0 Å². The number of rotatable bonds is 3. The Morgan fingerprint density at radius 2 is 2.57 bits per heavy atom. The van der Waals surface area contributed by atoms with E-state index in [2.05, 4.69) is 29.9 Å². The number of pyridine rings is 1. The maximum absolute atomic E-state index is 4.43. The molecule has 1 aromatic heterocycles. The van der Waals surface area contributed by atoms with E-state index in [0.717, 1.165) is 12.8 Å². The second kappa shape index (κ2) is 3.93. The third kappa shape index (κ3) is 1.70. The number of aromatic nitrogens is 1. The predicted molar refractivity (Wildman–Crippen MR) is 58.1 cm³/mol. The number of hydrogen-bond acceptors (Lipinski definition) is 2. The van der Waals surface area contributed by atoms with Crippen molar-refractivity contribution in [2.45, 2.75) is 31.8 Å². The van der Waals surface area contributed by atoms with E-state index in [1.165, 1.54) is 11.3 Å². The summed E-state index contributed by atoms with van der Waals surface area (Å²) in [5.41, 5.74) is 2.61. The van der Waals surface area contributed by atoms with Crippen LogP contribution in [0.5, 0.6) is 0 Å². The first-order valence-electron chi connectivity index (χ1n) is 5.13. The summed E-state index contributed by atoms with van der Waals surface area (Å²) < 4.78 is 0. The number of nitrogens with one attached hydrogen (secondary N) is 1. The summed E-state index contributed by atoms with van der Waals surface area (Å²) in [5.74, 6) is 0. The summed E-state index contributed by atoms with van der Waals surface area (Å²) in [5, 5.41) is 3.50. The Kier molecular flexibility index (Phi) is 2.64. The summed E-state index contributed by atoms with van der Waals surface area (Å²) in [6.45, 7) is 5.89. The van der Waals surface area contributed by atoms with Crippen LogP contribution in [0.25, 0.3) is 0 Å². The lowest BCUT2D eigenvalue weighted by molar-refractivity contribution is 0.492. The molecule has 14 heavy (non-hydrogen) atoms. The fourth-order valence-corrected chi connectivity index (χ4v) is 1.96. The molecule has 2 rings (SSSR count). The van der Waals surface area contributed by atoms with E-state index in [1.807, 2.05) is 18.3 Å². The fraction of sp³-hybridized carbons (Fsp3) is 0.417. The highest BCUT2D eigenvalue weighted by Crippen LogP contribution is 2.28. The van der Waals surface area contributed by atoms with Crippen LogP contribution in [0.15, 0.2) is 31.0 Å². The van der Waals surface area contributed by atoms with Crippen molar-refractivity contribution in [3.8, 4) is 0 Å². The first-order valence-corrected chi connectivity index (χ1v) is 5.13. The zero-order chi connectivity index (χ0) is 9.97. The minimum absolute atomic E-state index is 0.355. The van der Waals surface area contributed by atoms with Gasteiger partial charge in [0, 0.05) is 12.2 Å². The summed E-state index contributed by atoms with van der Waals surface area (Å²) >= 11 is 0. The van der Waals surface area contributed by atoms with Crippen LogP contribution < -0.4 is 5.32 Å². The molecule has 0 aromatic carbocycles. The van der Waals surface area contributed by atoms with Gasteiger partial charge in [-0.1, -0.05) is 12.1 Å². The highest BCUT2D eigenvalue weighted by molar-refractivity contribution is 5.28. The van der Waals surface area contributed by atoms with Gasteiger partial charge in [-0.15, -0.1) is 6.58 Å². The molecule has 1 aromatic rings. The van der Waals surface area contributed by atoms with Crippen LogP contribution in [0.4, 0.5) is 0 Å². The average molecular weight is 188 g/mol. The molecule has 0 spiro atoms. The lowest BCUT2D eigenvalue weighted by Gasteiger charge is -2.16. The van der Waals surface area contributed by atoms with E-state index >= 15 is 0 Å². The van der Waals surface area contributed by atoms with Crippen molar-refractivity contribution in [1.29, 1.82) is 0 Å². The standard InChI is InChI=1S/C12H16N2/c1-3-9(2)14-11-7-6-10-5-4-8-13-12(10)11/h3-5,8-9,11,14H,1,6-7H2,2H3. The molecule has 0 bridgehead atoms. The van der Waals surface area contributed by atoms with Gasteiger partial charge in [0.2, 0.25) is 0 Å². The summed E-state index contributed by atoms with van der Waals surface area (Å²) in [6.07, 6.45) is 6.10. The summed E-state index contributed by atoms with van der Waals surface area (Å²) in [7, 11) is 0. The van der Waals surface area contributed by atoms with Gasteiger partial charge in [-0.05, 0) is 31.4 Å². The molecule has 2 atom stereocenters. The molecule has 0 aliphatic heterocycles. The number of fused-ring (bicyclic) bond motifs is 1. The minimum atomic E-state index is 0.355. The Bertz CT molecular complexity index is 333. The summed E-state index contributed by atoms with van der Waals surface area (Å²) in [4.78, 5) is 4.43. The molecule has 1 aliphatic carbocycles. The van der Waals surface area contributed by atoms with E-state index in [-0.39, 0.29) is 0 Å². The third-order valence-electron chi connectivity index (χ3n) is 2.78. The topological polar surface area (TPSA) is 24.9 Å². The first kappa shape index (κ1) is 9.41. The van der Waals surface area contributed by atoms with Gasteiger partial charge in [0.05, 0.1) is 11.7 Å². The van der Waals surface area contributed by atoms with Crippen molar-refractivity contribution < 1.29 is 0 Å². The molecule has 1 N–H and O–H groups in total. The van der Waals surface area contributed by atoms with Crippen LogP contribution in [0.2, 0.25) is 0 Å². The minimum Gasteiger partial charge on any atom is -0.303 e. The molecular formula is C12H16N2. The fourth-order valence-electron chi connectivity index (χ4n) is 1.96. The second-order valence-corrected chi connectivity index (χ2v) is 3.83. The normalized spacial score (nSPS) is 21.6. The van der Waals surface area contributed by atoms with E-state index in [0.29, 0.717) is 12.1 Å². The number of hydrogen-bond donors (Lipinski definition) is 1. The maximum atomic E-state index is 4.43. The Morgan fingerprint density at radius 1 is 1.71 bits per heavy atom. The third-order valence-corrected chi connectivity index (χ3v) is 2.78. The Morgan fingerprint density at radius 3 is 3.36 bits per heavy atom. The van der Waals surface area contributed by atoms with Gasteiger partial charge in [-0.2, -0.15) is 0 Å². The molecule has 0 fully saturated rings. The molecule has 0 radical (unpaired) electrons. The first-order chi connectivity index (χ1) is 6.81. The molecule has 2 unspecified atom stereocenters. The van der Waals surface area contributed by atoms with Gasteiger partial charge >= 0.3 is 0 Å².